The van der Waals surface area contributed by atoms with E-state index in [2.05, 4.69) is 24.5 Å². The molecule has 0 heterocycles. The molecule has 112 valence electrons. The van der Waals surface area contributed by atoms with E-state index in [1.54, 1.807) is 19.1 Å². The van der Waals surface area contributed by atoms with Gasteiger partial charge >= 0.3 is 0 Å². The molecule has 0 aliphatic rings. The smallest absolute Gasteiger partial charge is 0.236 e. The second kappa shape index (κ2) is 8.22. The lowest BCUT2D eigenvalue weighted by Crippen LogP contribution is -2.42. The van der Waals surface area contributed by atoms with E-state index in [9.17, 15) is 9.18 Å². The summed E-state index contributed by atoms with van der Waals surface area (Å²) in [5, 5.41) is 6.07. The molecule has 5 heteroatoms. The second-order valence-corrected chi connectivity index (χ2v) is 5.73. The van der Waals surface area contributed by atoms with Crippen molar-refractivity contribution >= 4 is 17.5 Å². The van der Waals surface area contributed by atoms with Crippen LogP contribution in [0, 0.1) is 11.7 Å². The summed E-state index contributed by atoms with van der Waals surface area (Å²) in [5.41, 5.74) is 0.846. The average Bonchev–Trinajstić information content (AvgIpc) is 2.39. The summed E-state index contributed by atoms with van der Waals surface area (Å²) in [6, 6.07) is 4.24. The number of rotatable bonds is 7. The van der Waals surface area contributed by atoms with Crippen LogP contribution in [0.3, 0.4) is 0 Å². The van der Waals surface area contributed by atoms with E-state index in [4.69, 9.17) is 11.6 Å². The maximum atomic E-state index is 13.0. The van der Waals surface area contributed by atoms with Crippen LogP contribution >= 0.6 is 11.6 Å². The summed E-state index contributed by atoms with van der Waals surface area (Å²) >= 11 is 5.71. The van der Waals surface area contributed by atoms with Crippen LogP contribution in [0.25, 0.3) is 0 Å². The third-order valence-electron chi connectivity index (χ3n) is 3.01. The van der Waals surface area contributed by atoms with Gasteiger partial charge in [-0.1, -0.05) is 31.5 Å². The van der Waals surface area contributed by atoms with Gasteiger partial charge < -0.3 is 10.6 Å². The summed E-state index contributed by atoms with van der Waals surface area (Å²) in [5.74, 6) is 0.105. The Morgan fingerprint density at radius 2 is 2.05 bits per heavy atom. The Morgan fingerprint density at radius 1 is 1.35 bits per heavy atom. The van der Waals surface area contributed by atoms with Crippen molar-refractivity contribution in [3.05, 3.63) is 34.6 Å². The minimum Gasteiger partial charge on any atom is -0.355 e. The molecule has 0 spiro atoms. The Morgan fingerprint density at radius 3 is 2.65 bits per heavy atom. The molecule has 0 saturated carbocycles. The molecular weight excluding hydrogens is 279 g/mol. The molecule has 1 rings (SSSR count). The van der Waals surface area contributed by atoms with Gasteiger partial charge in [-0.05, 0) is 37.0 Å². The minimum atomic E-state index is -0.435. The Bertz CT molecular complexity index is 451. The molecule has 0 radical (unpaired) electrons. The number of carbonyl (C=O) groups is 1. The number of amides is 1. The van der Waals surface area contributed by atoms with Crippen LogP contribution in [0.15, 0.2) is 18.2 Å². The van der Waals surface area contributed by atoms with Gasteiger partial charge in [0.15, 0.2) is 0 Å². The first-order valence-electron chi connectivity index (χ1n) is 6.85. The molecule has 1 aromatic carbocycles. The highest BCUT2D eigenvalue weighted by Gasteiger charge is 2.12. The Kier molecular flexibility index (Phi) is 6.96. The molecule has 2 N–H and O–H groups in total. The van der Waals surface area contributed by atoms with E-state index in [-0.39, 0.29) is 17.0 Å². The average molecular weight is 301 g/mol. The monoisotopic (exact) mass is 300 g/mol. The molecule has 3 nitrogen and oxygen atoms in total. The van der Waals surface area contributed by atoms with Gasteiger partial charge in [0, 0.05) is 13.1 Å². The summed E-state index contributed by atoms with van der Waals surface area (Å²) < 4.78 is 13.0. The maximum Gasteiger partial charge on any atom is 0.236 e. The molecule has 0 aromatic heterocycles. The third kappa shape index (κ3) is 5.88. The quantitative estimate of drug-likeness (QED) is 0.812. The molecule has 20 heavy (non-hydrogen) atoms. The summed E-state index contributed by atoms with van der Waals surface area (Å²) in [6.45, 7) is 7.19. The molecular formula is C15H22ClFN2O. The van der Waals surface area contributed by atoms with E-state index in [0.29, 0.717) is 19.0 Å². The fourth-order valence-corrected chi connectivity index (χ4v) is 1.85. The zero-order valence-corrected chi connectivity index (χ0v) is 12.9. The van der Waals surface area contributed by atoms with Gasteiger partial charge in [-0.2, -0.15) is 0 Å². The number of halogens is 2. The van der Waals surface area contributed by atoms with Crippen LogP contribution in [0.1, 0.15) is 32.8 Å². The van der Waals surface area contributed by atoms with Gasteiger partial charge in [-0.3, -0.25) is 4.79 Å². The lowest BCUT2D eigenvalue weighted by atomic mass is 10.1. The van der Waals surface area contributed by atoms with Crippen LogP contribution in [0.2, 0.25) is 5.02 Å². The number of nitrogens with one attached hydrogen (secondary N) is 2. The van der Waals surface area contributed by atoms with Crippen molar-refractivity contribution in [3.8, 4) is 0 Å². The van der Waals surface area contributed by atoms with Crippen molar-refractivity contribution < 1.29 is 9.18 Å². The Hall–Kier alpha value is -1.13. The molecule has 1 atom stereocenters. The zero-order chi connectivity index (χ0) is 15.1. The summed E-state index contributed by atoms with van der Waals surface area (Å²) in [4.78, 5) is 11.8. The highest BCUT2D eigenvalue weighted by molar-refractivity contribution is 6.30. The molecule has 0 saturated heterocycles. The van der Waals surface area contributed by atoms with E-state index in [1.807, 2.05) is 0 Å². The fourth-order valence-electron chi connectivity index (χ4n) is 1.65. The lowest BCUT2D eigenvalue weighted by molar-refractivity contribution is -0.122. The first-order valence-corrected chi connectivity index (χ1v) is 7.23. The van der Waals surface area contributed by atoms with E-state index in [0.717, 1.165) is 12.0 Å². The molecule has 0 aliphatic carbocycles. The summed E-state index contributed by atoms with van der Waals surface area (Å²) in [6.07, 6.45) is 0.964. The fraction of sp³-hybridized carbons (Fsp3) is 0.533. The molecule has 1 amide bonds. The van der Waals surface area contributed by atoms with Crippen LogP contribution in [0.4, 0.5) is 4.39 Å². The van der Waals surface area contributed by atoms with Crippen LogP contribution < -0.4 is 10.6 Å². The lowest BCUT2D eigenvalue weighted by Gasteiger charge is -2.15. The maximum absolute atomic E-state index is 13.0. The van der Waals surface area contributed by atoms with Gasteiger partial charge in [-0.25, -0.2) is 4.39 Å². The Labute approximate surface area is 124 Å². The van der Waals surface area contributed by atoms with E-state index >= 15 is 0 Å². The number of hydrogen-bond acceptors (Lipinski definition) is 2. The SMILES string of the molecule is CC(C)CCNC(=O)C(C)NCc1ccc(F)c(Cl)c1. The number of hydrogen-bond donors (Lipinski definition) is 2. The van der Waals surface area contributed by atoms with Gasteiger partial charge in [0.25, 0.3) is 0 Å². The molecule has 1 aromatic rings. The summed E-state index contributed by atoms with van der Waals surface area (Å²) in [7, 11) is 0. The predicted molar refractivity (Wildman–Crippen MR) is 80.2 cm³/mol. The number of carbonyl (C=O) groups excluding carboxylic acids is 1. The van der Waals surface area contributed by atoms with Crippen LogP contribution in [0.5, 0.6) is 0 Å². The minimum absolute atomic E-state index is 0.0288. The van der Waals surface area contributed by atoms with Crippen molar-refractivity contribution in [1.82, 2.24) is 10.6 Å². The van der Waals surface area contributed by atoms with Crippen LogP contribution in [-0.4, -0.2) is 18.5 Å². The first kappa shape index (κ1) is 16.9. The van der Waals surface area contributed by atoms with Crippen molar-refractivity contribution in [1.29, 1.82) is 0 Å². The molecule has 0 bridgehead atoms. The second-order valence-electron chi connectivity index (χ2n) is 5.32. The topological polar surface area (TPSA) is 41.1 Å². The van der Waals surface area contributed by atoms with Gasteiger partial charge in [0.2, 0.25) is 5.91 Å². The first-order chi connectivity index (χ1) is 9.40. The van der Waals surface area contributed by atoms with Gasteiger partial charge in [0.1, 0.15) is 5.82 Å². The van der Waals surface area contributed by atoms with Crippen molar-refractivity contribution in [2.24, 2.45) is 5.92 Å². The largest absolute Gasteiger partial charge is 0.355 e. The Balaban J connectivity index is 2.36. The van der Waals surface area contributed by atoms with E-state index < -0.39 is 5.82 Å². The molecule has 0 aliphatic heterocycles. The van der Waals surface area contributed by atoms with Crippen LogP contribution in [-0.2, 0) is 11.3 Å². The van der Waals surface area contributed by atoms with Crippen molar-refractivity contribution in [3.63, 3.8) is 0 Å². The van der Waals surface area contributed by atoms with Gasteiger partial charge in [0.05, 0.1) is 11.1 Å². The van der Waals surface area contributed by atoms with Crippen molar-refractivity contribution in [2.75, 3.05) is 6.54 Å². The van der Waals surface area contributed by atoms with E-state index in [1.165, 1.54) is 6.07 Å². The molecule has 1 unspecified atom stereocenters. The normalized spacial score (nSPS) is 12.5. The highest BCUT2D eigenvalue weighted by atomic mass is 35.5. The van der Waals surface area contributed by atoms with Crippen molar-refractivity contribution in [2.45, 2.75) is 39.8 Å². The standard InChI is InChI=1S/C15H22ClFN2O/c1-10(2)6-7-18-15(20)11(3)19-9-12-4-5-14(17)13(16)8-12/h4-5,8,10-11,19H,6-7,9H2,1-3H3,(H,18,20). The van der Waals surface area contributed by atoms with Gasteiger partial charge in [-0.15, -0.1) is 0 Å². The molecule has 0 fully saturated rings. The number of benzene rings is 1. The zero-order valence-electron chi connectivity index (χ0n) is 12.2. The third-order valence-corrected chi connectivity index (χ3v) is 3.30. The highest BCUT2D eigenvalue weighted by Crippen LogP contribution is 2.15. The predicted octanol–water partition coefficient (Wildman–Crippen LogP) is 3.12.